The van der Waals surface area contributed by atoms with Crippen LogP contribution in [0.4, 0.5) is 0 Å². The lowest BCUT2D eigenvalue weighted by Gasteiger charge is -2.32. The van der Waals surface area contributed by atoms with E-state index >= 15 is 0 Å². The molecule has 7 heteroatoms. The van der Waals surface area contributed by atoms with Crippen molar-refractivity contribution in [1.82, 2.24) is 20.1 Å². The number of likely N-dealkylation sites (N-methyl/N-ethyl adjacent to an activating group) is 1. The van der Waals surface area contributed by atoms with Crippen molar-refractivity contribution in [2.24, 2.45) is 0 Å². The molecule has 1 aliphatic rings. The molecule has 1 saturated heterocycles. The molecule has 0 spiro atoms. The molecule has 0 bridgehead atoms. The molecular formula is C20H28N4OS2. The van der Waals surface area contributed by atoms with Crippen LogP contribution in [0.15, 0.2) is 34.5 Å². The van der Waals surface area contributed by atoms with Crippen LogP contribution in [0.3, 0.4) is 0 Å². The summed E-state index contributed by atoms with van der Waals surface area (Å²) >= 11 is 3.34. The van der Waals surface area contributed by atoms with Crippen LogP contribution in [0.25, 0.3) is 0 Å². The monoisotopic (exact) mass is 404 g/mol. The minimum atomic E-state index is 0.0194. The Hall–Kier alpha value is -1.41. The van der Waals surface area contributed by atoms with Crippen LogP contribution in [0.1, 0.15) is 27.5 Å². The quantitative estimate of drug-likeness (QED) is 0.541. The highest BCUT2D eigenvalue weighted by atomic mass is 32.2. The summed E-state index contributed by atoms with van der Waals surface area (Å²) < 4.78 is 0. The van der Waals surface area contributed by atoms with Gasteiger partial charge in [0, 0.05) is 48.8 Å². The number of nitrogens with one attached hydrogen (secondary N) is 1. The molecule has 0 saturated carbocycles. The normalized spacial score (nSPS) is 15.8. The van der Waals surface area contributed by atoms with Gasteiger partial charge in [0.05, 0.1) is 16.3 Å². The van der Waals surface area contributed by atoms with E-state index in [1.807, 2.05) is 31.2 Å². The first-order valence-electron chi connectivity index (χ1n) is 9.44. The molecule has 0 atom stereocenters. The minimum Gasteiger partial charge on any atom is -0.352 e. The lowest BCUT2D eigenvalue weighted by atomic mass is 10.2. The average molecular weight is 405 g/mol. The number of thioether (sulfide) groups is 1. The van der Waals surface area contributed by atoms with Gasteiger partial charge in [-0.2, -0.15) is 0 Å². The molecule has 1 aromatic heterocycles. The molecule has 1 amide bonds. The average Bonchev–Trinajstić information content (AvgIpc) is 3.10. The van der Waals surface area contributed by atoms with Gasteiger partial charge >= 0.3 is 0 Å². The first kappa shape index (κ1) is 20.3. The molecule has 2 aromatic rings. The van der Waals surface area contributed by atoms with Crippen molar-refractivity contribution in [2.45, 2.75) is 24.0 Å². The Morgan fingerprint density at radius 2 is 2.04 bits per heavy atom. The Labute approximate surface area is 170 Å². The van der Waals surface area contributed by atoms with Gasteiger partial charge in [-0.3, -0.25) is 4.79 Å². The van der Waals surface area contributed by atoms with Crippen LogP contribution in [-0.2, 0) is 5.75 Å². The fourth-order valence-corrected chi connectivity index (χ4v) is 4.74. The Balaban J connectivity index is 1.45. The molecule has 1 aliphatic heterocycles. The predicted octanol–water partition coefficient (Wildman–Crippen LogP) is 3.11. The molecule has 27 heavy (non-hydrogen) atoms. The number of aromatic nitrogens is 1. The van der Waals surface area contributed by atoms with Crippen LogP contribution in [0.2, 0.25) is 0 Å². The van der Waals surface area contributed by atoms with Crippen molar-refractivity contribution in [3.05, 3.63) is 45.9 Å². The van der Waals surface area contributed by atoms with Crippen molar-refractivity contribution in [1.29, 1.82) is 0 Å². The van der Waals surface area contributed by atoms with Crippen molar-refractivity contribution in [2.75, 3.05) is 46.3 Å². The summed E-state index contributed by atoms with van der Waals surface area (Å²) in [5.74, 6) is 0.809. The maximum absolute atomic E-state index is 12.6. The van der Waals surface area contributed by atoms with E-state index < -0.39 is 0 Å². The summed E-state index contributed by atoms with van der Waals surface area (Å²) in [5.41, 5.74) is 1.83. The molecule has 1 aromatic carbocycles. The number of hydrogen-bond acceptors (Lipinski definition) is 6. The van der Waals surface area contributed by atoms with Crippen molar-refractivity contribution in [3.8, 4) is 0 Å². The second kappa shape index (κ2) is 10.2. The number of thiazole rings is 1. The first-order chi connectivity index (χ1) is 13.1. The van der Waals surface area contributed by atoms with E-state index in [1.54, 1.807) is 23.1 Å². The highest BCUT2D eigenvalue weighted by Crippen LogP contribution is 2.26. The van der Waals surface area contributed by atoms with Gasteiger partial charge in [0.15, 0.2) is 0 Å². The zero-order valence-corrected chi connectivity index (χ0v) is 17.7. The van der Waals surface area contributed by atoms with E-state index in [0.717, 1.165) is 72.6 Å². The number of benzene rings is 1. The molecule has 0 unspecified atom stereocenters. The lowest BCUT2D eigenvalue weighted by Crippen LogP contribution is -2.45. The van der Waals surface area contributed by atoms with Crippen LogP contribution in [0.5, 0.6) is 0 Å². The number of nitrogens with zero attached hydrogens (tertiary/aromatic N) is 3. The number of hydrogen-bond donors (Lipinski definition) is 1. The molecule has 0 aliphatic carbocycles. The zero-order valence-electron chi connectivity index (χ0n) is 16.1. The molecule has 146 valence electrons. The molecule has 3 rings (SSSR count). The van der Waals surface area contributed by atoms with Gasteiger partial charge in [-0.05, 0) is 39.1 Å². The Morgan fingerprint density at radius 1 is 1.26 bits per heavy atom. The third-order valence-corrected chi connectivity index (χ3v) is 6.64. The van der Waals surface area contributed by atoms with Crippen LogP contribution >= 0.6 is 23.1 Å². The van der Waals surface area contributed by atoms with E-state index in [-0.39, 0.29) is 5.91 Å². The van der Waals surface area contributed by atoms with Gasteiger partial charge in [0.2, 0.25) is 0 Å². The van der Waals surface area contributed by atoms with E-state index in [2.05, 4.69) is 32.5 Å². The summed E-state index contributed by atoms with van der Waals surface area (Å²) in [6.45, 7) is 8.30. The topological polar surface area (TPSA) is 48.5 Å². The van der Waals surface area contributed by atoms with Gasteiger partial charge in [-0.15, -0.1) is 23.1 Å². The maximum atomic E-state index is 12.6. The fourth-order valence-electron chi connectivity index (χ4n) is 3.08. The summed E-state index contributed by atoms with van der Waals surface area (Å²) in [5, 5.41) is 6.25. The fraction of sp³-hybridized carbons (Fsp3) is 0.500. The SMILES string of the molecule is Cc1nc(CSc2ccccc2C(=O)NCCCN2CCN(C)CC2)cs1. The van der Waals surface area contributed by atoms with E-state index in [4.69, 9.17) is 0 Å². The number of rotatable bonds is 8. The largest absolute Gasteiger partial charge is 0.352 e. The van der Waals surface area contributed by atoms with Gasteiger partial charge in [-0.25, -0.2) is 4.98 Å². The standard InChI is InChI=1S/C20H28N4OS2/c1-16-22-17(14-26-16)15-27-19-7-4-3-6-18(19)20(25)21-8-5-9-24-12-10-23(2)11-13-24/h3-4,6-7,14H,5,8-13,15H2,1-2H3,(H,21,25). The minimum absolute atomic E-state index is 0.0194. The summed E-state index contributed by atoms with van der Waals surface area (Å²) in [7, 11) is 2.17. The predicted molar refractivity (Wildman–Crippen MR) is 114 cm³/mol. The molecule has 2 heterocycles. The van der Waals surface area contributed by atoms with Crippen LogP contribution < -0.4 is 5.32 Å². The number of aryl methyl sites for hydroxylation is 1. The molecular weight excluding hydrogens is 376 g/mol. The van der Waals surface area contributed by atoms with Gasteiger partial charge in [0.25, 0.3) is 5.91 Å². The molecule has 0 radical (unpaired) electrons. The number of carbonyl (C=O) groups is 1. The third-order valence-electron chi connectivity index (χ3n) is 4.71. The zero-order chi connectivity index (χ0) is 19.1. The molecule has 1 fully saturated rings. The maximum Gasteiger partial charge on any atom is 0.252 e. The second-order valence-electron chi connectivity index (χ2n) is 6.90. The van der Waals surface area contributed by atoms with Crippen LogP contribution in [-0.4, -0.2) is 67.0 Å². The molecule has 5 nitrogen and oxygen atoms in total. The smallest absolute Gasteiger partial charge is 0.252 e. The number of amides is 1. The summed E-state index contributed by atoms with van der Waals surface area (Å²) in [6.07, 6.45) is 0.989. The van der Waals surface area contributed by atoms with Crippen molar-refractivity contribution < 1.29 is 4.79 Å². The highest BCUT2D eigenvalue weighted by Gasteiger charge is 2.14. The Bertz CT molecular complexity index is 741. The van der Waals surface area contributed by atoms with Crippen molar-refractivity contribution >= 4 is 29.0 Å². The summed E-state index contributed by atoms with van der Waals surface area (Å²) in [6, 6.07) is 7.84. The highest BCUT2D eigenvalue weighted by molar-refractivity contribution is 7.98. The lowest BCUT2D eigenvalue weighted by molar-refractivity contribution is 0.0946. The Kier molecular flexibility index (Phi) is 7.70. The van der Waals surface area contributed by atoms with E-state index in [9.17, 15) is 4.79 Å². The number of carbonyl (C=O) groups excluding carboxylic acids is 1. The van der Waals surface area contributed by atoms with Crippen molar-refractivity contribution in [3.63, 3.8) is 0 Å². The molecule has 1 N–H and O–H groups in total. The van der Waals surface area contributed by atoms with E-state index in [0.29, 0.717) is 0 Å². The number of piperazine rings is 1. The van der Waals surface area contributed by atoms with Gasteiger partial charge in [0.1, 0.15) is 0 Å². The first-order valence-corrected chi connectivity index (χ1v) is 11.3. The Morgan fingerprint density at radius 3 is 2.78 bits per heavy atom. The summed E-state index contributed by atoms with van der Waals surface area (Å²) in [4.78, 5) is 23.0. The van der Waals surface area contributed by atoms with E-state index in [1.165, 1.54) is 0 Å². The van der Waals surface area contributed by atoms with Crippen LogP contribution in [0, 0.1) is 6.92 Å². The van der Waals surface area contributed by atoms with Gasteiger partial charge < -0.3 is 15.1 Å². The second-order valence-corrected chi connectivity index (χ2v) is 8.98. The van der Waals surface area contributed by atoms with Gasteiger partial charge in [-0.1, -0.05) is 12.1 Å². The third kappa shape index (κ3) is 6.31.